The smallest absolute Gasteiger partial charge is 0.254 e. The molecular weight excluding hydrogens is 252 g/mol. The van der Waals surface area contributed by atoms with Gasteiger partial charge in [0.15, 0.2) is 0 Å². The number of amides is 1. The van der Waals surface area contributed by atoms with E-state index in [1.165, 1.54) is 0 Å². The molecule has 2 heterocycles. The molecule has 5 heteroatoms. The van der Waals surface area contributed by atoms with E-state index in [4.69, 9.17) is 5.73 Å². The number of carbonyl (C=O) groups is 1. The summed E-state index contributed by atoms with van der Waals surface area (Å²) in [5.74, 6) is 0.509. The summed E-state index contributed by atoms with van der Waals surface area (Å²) in [6.07, 6.45) is 2.93. The molecule has 1 aromatic rings. The predicted molar refractivity (Wildman–Crippen MR) is 80.6 cm³/mol. The van der Waals surface area contributed by atoms with Crippen LogP contribution in [0, 0.1) is 0 Å². The van der Waals surface area contributed by atoms with E-state index in [0.717, 1.165) is 38.0 Å². The lowest BCUT2D eigenvalue weighted by Gasteiger charge is -2.27. The average molecular weight is 276 g/mol. The van der Waals surface area contributed by atoms with E-state index in [0.29, 0.717) is 17.4 Å². The summed E-state index contributed by atoms with van der Waals surface area (Å²) in [6, 6.07) is 3.85. The van der Waals surface area contributed by atoms with E-state index in [1.807, 2.05) is 32.0 Å². The lowest BCUT2D eigenvalue weighted by Crippen LogP contribution is -2.41. The largest absolute Gasteiger partial charge is 0.384 e. The van der Waals surface area contributed by atoms with E-state index in [1.54, 1.807) is 6.07 Å². The standard InChI is InChI=1S/C15H24N4O/c1-4-12-8-11(9-14(16)17-12)15(20)19-7-5-6-13(19)10-18(2)3/h8-9,13H,4-7,10H2,1-3H3,(H2,16,17). The van der Waals surface area contributed by atoms with Gasteiger partial charge in [-0.2, -0.15) is 0 Å². The number of carbonyl (C=O) groups excluding carboxylic acids is 1. The number of anilines is 1. The maximum atomic E-state index is 12.7. The first-order valence-electron chi connectivity index (χ1n) is 7.23. The van der Waals surface area contributed by atoms with Crippen molar-refractivity contribution in [2.75, 3.05) is 32.9 Å². The molecule has 1 aromatic heterocycles. The zero-order chi connectivity index (χ0) is 14.7. The first-order valence-corrected chi connectivity index (χ1v) is 7.23. The molecule has 1 saturated heterocycles. The van der Waals surface area contributed by atoms with Crippen LogP contribution in [0.5, 0.6) is 0 Å². The van der Waals surface area contributed by atoms with Crippen LogP contribution in [0.25, 0.3) is 0 Å². The topological polar surface area (TPSA) is 62.5 Å². The number of pyridine rings is 1. The molecule has 1 unspecified atom stereocenters. The van der Waals surface area contributed by atoms with Crippen LogP contribution in [0.4, 0.5) is 5.82 Å². The van der Waals surface area contributed by atoms with Crippen molar-refractivity contribution in [3.8, 4) is 0 Å². The number of nitrogen functional groups attached to an aromatic ring is 1. The zero-order valence-electron chi connectivity index (χ0n) is 12.6. The van der Waals surface area contributed by atoms with Gasteiger partial charge in [-0.3, -0.25) is 4.79 Å². The van der Waals surface area contributed by atoms with Crippen molar-refractivity contribution in [1.82, 2.24) is 14.8 Å². The fourth-order valence-electron chi connectivity index (χ4n) is 2.80. The Kier molecular flexibility index (Phi) is 4.60. The quantitative estimate of drug-likeness (QED) is 0.903. The van der Waals surface area contributed by atoms with Gasteiger partial charge >= 0.3 is 0 Å². The Morgan fingerprint density at radius 3 is 2.90 bits per heavy atom. The molecule has 1 aliphatic heterocycles. The molecular formula is C15H24N4O. The van der Waals surface area contributed by atoms with E-state index in [-0.39, 0.29) is 5.91 Å². The van der Waals surface area contributed by atoms with E-state index >= 15 is 0 Å². The van der Waals surface area contributed by atoms with Crippen LogP contribution in [-0.4, -0.2) is 53.9 Å². The Labute approximate surface area is 120 Å². The summed E-state index contributed by atoms with van der Waals surface area (Å²) in [4.78, 5) is 21.0. The van der Waals surface area contributed by atoms with Gasteiger partial charge in [-0.25, -0.2) is 4.98 Å². The summed E-state index contributed by atoms with van der Waals surface area (Å²) in [7, 11) is 4.08. The van der Waals surface area contributed by atoms with Crippen LogP contribution in [-0.2, 0) is 6.42 Å². The molecule has 110 valence electrons. The monoisotopic (exact) mass is 276 g/mol. The molecule has 0 radical (unpaired) electrons. The van der Waals surface area contributed by atoms with Crippen LogP contribution < -0.4 is 5.73 Å². The number of aryl methyl sites for hydroxylation is 1. The van der Waals surface area contributed by atoms with E-state index in [2.05, 4.69) is 9.88 Å². The SMILES string of the molecule is CCc1cc(C(=O)N2CCCC2CN(C)C)cc(N)n1. The third kappa shape index (κ3) is 3.28. The Morgan fingerprint density at radius 2 is 2.25 bits per heavy atom. The van der Waals surface area contributed by atoms with Gasteiger partial charge in [0.1, 0.15) is 5.82 Å². The zero-order valence-corrected chi connectivity index (χ0v) is 12.6. The van der Waals surface area contributed by atoms with Gasteiger partial charge in [0, 0.05) is 30.4 Å². The van der Waals surface area contributed by atoms with Gasteiger partial charge < -0.3 is 15.5 Å². The third-order valence-electron chi connectivity index (χ3n) is 3.72. The number of nitrogens with zero attached hydrogens (tertiary/aromatic N) is 3. The second-order valence-corrected chi connectivity index (χ2v) is 5.68. The Balaban J connectivity index is 2.19. The number of hydrogen-bond acceptors (Lipinski definition) is 4. The van der Waals surface area contributed by atoms with Gasteiger partial charge in [-0.15, -0.1) is 0 Å². The molecule has 0 aromatic carbocycles. The number of rotatable bonds is 4. The van der Waals surface area contributed by atoms with Crippen molar-refractivity contribution in [2.24, 2.45) is 0 Å². The molecule has 0 aliphatic carbocycles. The van der Waals surface area contributed by atoms with Crippen LogP contribution >= 0.6 is 0 Å². The highest BCUT2D eigenvalue weighted by Crippen LogP contribution is 2.21. The number of hydrogen-bond donors (Lipinski definition) is 1. The third-order valence-corrected chi connectivity index (χ3v) is 3.72. The molecule has 1 aliphatic rings. The van der Waals surface area contributed by atoms with Gasteiger partial charge in [-0.05, 0) is 45.5 Å². The summed E-state index contributed by atoms with van der Waals surface area (Å²) < 4.78 is 0. The van der Waals surface area contributed by atoms with Crippen LogP contribution in [0.15, 0.2) is 12.1 Å². The lowest BCUT2D eigenvalue weighted by molar-refractivity contribution is 0.0716. The highest BCUT2D eigenvalue weighted by atomic mass is 16.2. The van der Waals surface area contributed by atoms with Crippen molar-refractivity contribution in [3.05, 3.63) is 23.4 Å². The van der Waals surface area contributed by atoms with E-state index < -0.39 is 0 Å². The van der Waals surface area contributed by atoms with Crippen LogP contribution in [0.2, 0.25) is 0 Å². The molecule has 5 nitrogen and oxygen atoms in total. The van der Waals surface area contributed by atoms with E-state index in [9.17, 15) is 4.79 Å². The number of aromatic nitrogens is 1. The fraction of sp³-hybridized carbons (Fsp3) is 0.600. The van der Waals surface area contributed by atoms with Crippen LogP contribution in [0.3, 0.4) is 0 Å². The minimum Gasteiger partial charge on any atom is -0.384 e. The second kappa shape index (κ2) is 6.22. The highest BCUT2D eigenvalue weighted by Gasteiger charge is 2.29. The van der Waals surface area contributed by atoms with Crippen molar-refractivity contribution in [2.45, 2.75) is 32.2 Å². The maximum absolute atomic E-state index is 12.7. The molecule has 2 N–H and O–H groups in total. The Morgan fingerprint density at radius 1 is 1.50 bits per heavy atom. The first-order chi connectivity index (χ1) is 9.51. The van der Waals surface area contributed by atoms with Gasteiger partial charge in [0.05, 0.1) is 0 Å². The summed E-state index contributed by atoms with van der Waals surface area (Å²) in [5, 5.41) is 0. The molecule has 2 rings (SSSR count). The minimum absolute atomic E-state index is 0.0816. The molecule has 1 amide bonds. The Hall–Kier alpha value is -1.62. The molecule has 1 atom stereocenters. The van der Waals surface area contributed by atoms with Gasteiger partial charge in [-0.1, -0.05) is 6.92 Å². The predicted octanol–water partition coefficient (Wildman–Crippen LogP) is 1.39. The molecule has 20 heavy (non-hydrogen) atoms. The number of likely N-dealkylation sites (tertiary alicyclic amines) is 1. The number of nitrogens with two attached hydrogens (primary N) is 1. The second-order valence-electron chi connectivity index (χ2n) is 5.68. The Bertz CT molecular complexity index is 487. The maximum Gasteiger partial charge on any atom is 0.254 e. The molecule has 0 saturated carbocycles. The fourth-order valence-corrected chi connectivity index (χ4v) is 2.80. The van der Waals surface area contributed by atoms with Gasteiger partial charge in [0.2, 0.25) is 0 Å². The lowest BCUT2D eigenvalue weighted by atomic mass is 10.1. The average Bonchev–Trinajstić information content (AvgIpc) is 2.84. The molecule has 0 bridgehead atoms. The minimum atomic E-state index is 0.0816. The van der Waals surface area contributed by atoms with Crippen molar-refractivity contribution >= 4 is 11.7 Å². The first kappa shape index (κ1) is 14.8. The highest BCUT2D eigenvalue weighted by molar-refractivity contribution is 5.95. The van der Waals surface area contributed by atoms with Gasteiger partial charge in [0.25, 0.3) is 5.91 Å². The molecule has 0 spiro atoms. The summed E-state index contributed by atoms with van der Waals surface area (Å²) in [5.41, 5.74) is 7.34. The van der Waals surface area contributed by atoms with Crippen molar-refractivity contribution in [3.63, 3.8) is 0 Å². The van der Waals surface area contributed by atoms with Crippen molar-refractivity contribution < 1.29 is 4.79 Å². The number of likely N-dealkylation sites (N-methyl/N-ethyl adjacent to an activating group) is 1. The summed E-state index contributed by atoms with van der Waals surface area (Å²) in [6.45, 7) is 3.76. The molecule has 1 fully saturated rings. The summed E-state index contributed by atoms with van der Waals surface area (Å²) >= 11 is 0. The van der Waals surface area contributed by atoms with Crippen molar-refractivity contribution in [1.29, 1.82) is 0 Å². The normalized spacial score (nSPS) is 18.8. The van der Waals surface area contributed by atoms with Crippen LogP contribution in [0.1, 0.15) is 35.8 Å².